The van der Waals surface area contributed by atoms with Crippen LogP contribution < -0.4 is 21.2 Å². The van der Waals surface area contributed by atoms with E-state index >= 15 is 0 Å². The van der Waals surface area contributed by atoms with Crippen molar-refractivity contribution in [2.75, 3.05) is 9.36 Å². The Morgan fingerprint density at radius 1 is 0.944 bits per heavy atom. The predicted octanol–water partition coefficient (Wildman–Crippen LogP) is 1.23. The van der Waals surface area contributed by atoms with Crippen molar-refractivity contribution >= 4 is 0 Å². The van der Waals surface area contributed by atoms with Crippen LogP contribution in [-0.2, 0) is 6.42 Å². The molecule has 0 fully saturated rings. The quantitative estimate of drug-likeness (QED) is 0.574. The molecular formula is C17H20I-. The average molecular weight is 351 g/mol. The Labute approximate surface area is 121 Å². The summed E-state index contributed by atoms with van der Waals surface area (Å²) in [5.41, 5.74) is 7.00. The van der Waals surface area contributed by atoms with Gasteiger partial charge in [0.15, 0.2) is 0 Å². The zero-order valence-corrected chi connectivity index (χ0v) is 13.5. The average Bonchev–Trinajstić information content (AvgIpc) is 2.37. The third-order valence-corrected chi connectivity index (χ3v) is 4.89. The van der Waals surface area contributed by atoms with E-state index in [1.165, 1.54) is 38.7 Å². The van der Waals surface area contributed by atoms with Crippen molar-refractivity contribution in [3.8, 4) is 11.1 Å². The van der Waals surface area contributed by atoms with E-state index in [4.69, 9.17) is 0 Å². The van der Waals surface area contributed by atoms with Gasteiger partial charge in [-0.05, 0) is 0 Å². The van der Waals surface area contributed by atoms with Crippen LogP contribution in [0.25, 0.3) is 11.1 Å². The van der Waals surface area contributed by atoms with Gasteiger partial charge in [0.25, 0.3) is 0 Å². The van der Waals surface area contributed by atoms with Gasteiger partial charge in [-0.1, -0.05) is 0 Å². The van der Waals surface area contributed by atoms with Crippen molar-refractivity contribution in [2.45, 2.75) is 20.3 Å². The Morgan fingerprint density at radius 2 is 1.61 bits per heavy atom. The molecule has 2 aromatic rings. The summed E-state index contributed by atoms with van der Waals surface area (Å²) in [7, 11) is 0. The number of alkyl halides is 2. The minimum atomic E-state index is 0.404. The van der Waals surface area contributed by atoms with Crippen molar-refractivity contribution in [2.24, 2.45) is 0 Å². The summed E-state index contributed by atoms with van der Waals surface area (Å²) in [4.78, 5) is 2.36. The second-order valence-corrected chi connectivity index (χ2v) is 7.28. The molecule has 18 heavy (non-hydrogen) atoms. The standard InChI is InChI=1S/C17H20I/c1-13-6-4-7-14(2)17(13)16-9-5-8-15(12-16)10-11-18-3/h4-9,12H,10-11H2,1-3H3/q-1. The van der Waals surface area contributed by atoms with Crippen molar-refractivity contribution in [3.05, 3.63) is 59.2 Å². The second kappa shape index (κ2) is 6.37. The molecule has 0 heterocycles. The van der Waals surface area contributed by atoms with Gasteiger partial charge in [0.1, 0.15) is 0 Å². The Hall–Kier alpha value is -0.830. The first-order chi connectivity index (χ1) is 8.72. The SMILES string of the molecule is C[I-]CCc1cccc(-c2c(C)cccc2C)c1. The summed E-state index contributed by atoms with van der Waals surface area (Å²) in [6.07, 6.45) is 1.24. The molecule has 0 nitrogen and oxygen atoms in total. The van der Waals surface area contributed by atoms with Crippen LogP contribution in [0, 0.1) is 13.8 Å². The van der Waals surface area contributed by atoms with Gasteiger partial charge in [0.05, 0.1) is 0 Å². The van der Waals surface area contributed by atoms with Gasteiger partial charge in [-0.3, -0.25) is 0 Å². The van der Waals surface area contributed by atoms with Crippen LogP contribution in [0.2, 0.25) is 0 Å². The molecule has 0 aromatic heterocycles. The summed E-state index contributed by atoms with van der Waals surface area (Å²) in [5, 5.41) is 0. The molecule has 0 saturated carbocycles. The summed E-state index contributed by atoms with van der Waals surface area (Å²) >= 11 is 0.404. The molecule has 0 atom stereocenters. The molecule has 0 N–H and O–H groups in total. The van der Waals surface area contributed by atoms with Crippen LogP contribution in [0.3, 0.4) is 0 Å². The Bertz CT molecular complexity index is 509. The van der Waals surface area contributed by atoms with Gasteiger partial charge in [-0.25, -0.2) is 0 Å². The molecule has 1 heteroatoms. The van der Waals surface area contributed by atoms with Gasteiger partial charge in [0.2, 0.25) is 0 Å². The number of aryl methyl sites for hydroxylation is 3. The van der Waals surface area contributed by atoms with Crippen LogP contribution >= 0.6 is 0 Å². The fourth-order valence-electron chi connectivity index (χ4n) is 2.36. The zero-order chi connectivity index (χ0) is 13.0. The first kappa shape index (κ1) is 13.6. The molecule has 0 aliphatic rings. The van der Waals surface area contributed by atoms with Crippen LogP contribution in [0.15, 0.2) is 42.5 Å². The summed E-state index contributed by atoms with van der Waals surface area (Å²) in [6.45, 7) is 4.40. The second-order valence-electron chi connectivity index (χ2n) is 4.67. The van der Waals surface area contributed by atoms with Gasteiger partial charge in [0, 0.05) is 0 Å². The molecule has 0 aliphatic heterocycles. The maximum atomic E-state index is 2.37. The minimum absolute atomic E-state index is 0.404. The van der Waals surface area contributed by atoms with Crippen LogP contribution in [0.4, 0.5) is 0 Å². The third-order valence-electron chi connectivity index (χ3n) is 3.27. The fraction of sp³-hybridized carbons (Fsp3) is 0.294. The van der Waals surface area contributed by atoms with Gasteiger partial charge in [-0.2, -0.15) is 0 Å². The number of halogens is 1. The molecule has 2 rings (SSSR count). The molecular weight excluding hydrogens is 331 g/mol. The molecule has 0 saturated heterocycles. The van der Waals surface area contributed by atoms with Gasteiger partial charge < -0.3 is 0 Å². The Morgan fingerprint density at radius 3 is 2.28 bits per heavy atom. The molecule has 0 amide bonds. The van der Waals surface area contributed by atoms with E-state index in [0.29, 0.717) is 21.2 Å². The summed E-state index contributed by atoms with van der Waals surface area (Å²) < 4.78 is 1.38. The van der Waals surface area contributed by atoms with Crippen LogP contribution in [-0.4, -0.2) is 9.36 Å². The van der Waals surface area contributed by atoms with Crippen LogP contribution in [0.1, 0.15) is 16.7 Å². The third kappa shape index (κ3) is 3.14. The van der Waals surface area contributed by atoms with E-state index in [9.17, 15) is 0 Å². The van der Waals surface area contributed by atoms with Gasteiger partial charge >= 0.3 is 121 Å². The maximum absolute atomic E-state index is 2.37. The molecule has 0 spiro atoms. The normalized spacial score (nSPS) is 10.8. The van der Waals surface area contributed by atoms with E-state index in [-0.39, 0.29) is 0 Å². The number of hydrogen-bond donors (Lipinski definition) is 0. The Kier molecular flexibility index (Phi) is 4.81. The van der Waals surface area contributed by atoms with E-state index in [2.05, 4.69) is 61.2 Å². The topological polar surface area (TPSA) is 0 Å². The molecule has 0 aliphatic carbocycles. The molecule has 0 unspecified atom stereocenters. The number of benzene rings is 2. The van der Waals surface area contributed by atoms with E-state index in [1.54, 1.807) is 0 Å². The van der Waals surface area contributed by atoms with E-state index in [0.717, 1.165) is 0 Å². The summed E-state index contributed by atoms with van der Waals surface area (Å²) in [6, 6.07) is 15.6. The first-order valence-corrected chi connectivity index (χ1v) is 10.00. The predicted molar refractivity (Wildman–Crippen MR) is 75.8 cm³/mol. The first-order valence-electron chi connectivity index (χ1n) is 6.31. The molecule has 0 radical (unpaired) electrons. The fourth-order valence-corrected chi connectivity index (χ4v) is 3.52. The van der Waals surface area contributed by atoms with Crippen molar-refractivity contribution in [1.82, 2.24) is 0 Å². The van der Waals surface area contributed by atoms with Crippen molar-refractivity contribution in [3.63, 3.8) is 0 Å². The molecule has 96 valence electrons. The number of rotatable bonds is 4. The van der Waals surface area contributed by atoms with Gasteiger partial charge in [-0.15, -0.1) is 0 Å². The molecule has 0 bridgehead atoms. The van der Waals surface area contributed by atoms with E-state index in [1.807, 2.05) is 0 Å². The zero-order valence-electron chi connectivity index (χ0n) is 11.3. The number of hydrogen-bond acceptors (Lipinski definition) is 0. The molecule has 2 aromatic carbocycles. The Balaban J connectivity index is 2.38. The monoisotopic (exact) mass is 351 g/mol. The van der Waals surface area contributed by atoms with Crippen molar-refractivity contribution < 1.29 is 21.2 Å². The van der Waals surface area contributed by atoms with Crippen molar-refractivity contribution in [1.29, 1.82) is 0 Å². The summed E-state index contributed by atoms with van der Waals surface area (Å²) in [5.74, 6) is 0. The van der Waals surface area contributed by atoms with Crippen LogP contribution in [0.5, 0.6) is 0 Å². The van der Waals surface area contributed by atoms with E-state index < -0.39 is 0 Å².